The highest BCUT2D eigenvalue weighted by atomic mass is 19.1. The van der Waals surface area contributed by atoms with E-state index in [1.54, 1.807) is 25.3 Å². The van der Waals surface area contributed by atoms with E-state index in [9.17, 15) is 9.18 Å². The molecule has 9 heteroatoms. The van der Waals surface area contributed by atoms with Crippen LogP contribution < -0.4 is 5.32 Å². The Morgan fingerprint density at radius 1 is 1.13 bits per heavy atom. The summed E-state index contributed by atoms with van der Waals surface area (Å²) in [4.78, 5) is 16.8. The van der Waals surface area contributed by atoms with Crippen LogP contribution in [0.15, 0.2) is 79.0 Å². The van der Waals surface area contributed by atoms with Crippen LogP contribution >= 0.6 is 0 Å². The standard InChI is InChI=1S/C36H41FN4O4/c1-6-24(3)34-31(18-17-29-22-30(23-33(42)43-7-2)45-36(4,5)44-29)35(25-13-15-26(37)16-14-25)41(40-34)28-19-20-38-32(21-28)39-27-11-9-8-10-12-27/h8-21,24,29-30H,6-7,22-23H2,1-5H3,(H,38,39)/b18-17+/t24?,29-,30-/m1/s1. The maximum atomic E-state index is 14.1. The molecule has 4 aromatic rings. The molecule has 1 saturated heterocycles. The molecule has 1 aliphatic heterocycles. The molecule has 0 amide bonds. The van der Waals surface area contributed by atoms with Crippen LogP contribution in [0, 0.1) is 5.82 Å². The lowest BCUT2D eigenvalue weighted by Crippen LogP contribution is -2.44. The summed E-state index contributed by atoms with van der Waals surface area (Å²) in [5, 5.41) is 8.51. The molecule has 5 rings (SSSR count). The van der Waals surface area contributed by atoms with Crippen LogP contribution in [-0.4, -0.2) is 45.3 Å². The number of hydrogen-bond donors (Lipinski definition) is 1. The van der Waals surface area contributed by atoms with Gasteiger partial charge in [0.1, 0.15) is 11.6 Å². The van der Waals surface area contributed by atoms with Crippen molar-refractivity contribution < 1.29 is 23.4 Å². The molecule has 1 aliphatic rings. The summed E-state index contributed by atoms with van der Waals surface area (Å²) >= 11 is 0. The van der Waals surface area contributed by atoms with Crippen LogP contribution in [-0.2, 0) is 19.0 Å². The van der Waals surface area contributed by atoms with Crippen molar-refractivity contribution in [1.82, 2.24) is 14.8 Å². The van der Waals surface area contributed by atoms with Crippen molar-refractivity contribution in [2.24, 2.45) is 0 Å². The number of ether oxygens (including phenoxy) is 3. The molecule has 1 N–H and O–H groups in total. The highest BCUT2D eigenvalue weighted by Gasteiger charge is 2.36. The predicted molar refractivity (Wildman–Crippen MR) is 174 cm³/mol. The zero-order chi connectivity index (χ0) is 32.0. The average Bonchev–Trinajstić information content (AvgIpc) is 3.39. The van der Waals surface area contributed by atoms with E-state index in [1.165, 1.54) is 12.1 Å². The third-order valence-electron chi connectivity index (χ3n) is 7.74. The Balaban J connectivity index is 1.57. The van der Waals surface area contributed by atoms with E-state index in [2.05, 4.69) is 24.1 Å². The number of hydrogen-bond acceptors (Lipinski definition) is 7. The van der Waals surface area contributed by atoms with Crippen molar-refractivity contribution in [1.29, 1.82) is 0 Å². The molecule has 2 aromatic heterocycles. The number of aromatic nitrogens is 3. The highest BCUT2D eigenvalue weighted by molar-refractivity contribution is 5.76. The number of esters is 1. The van der Waals surface area contributed by atoms with Crippen LogP contribution in [0.3, 0.4) is 0 Å². The van der Waals surface area contributed by atoms with Gasteiger partial charge in [-0.05, 0) is 69.7 Å². The number of nitrogens with zero attached hydrogens (tertiary/aromatic N) is 3. The van der Waals surface area contributed by atoms with E-state index in [1.807, 2.05) is 73.1 Å². The monoisotopic (exact) mass is 612 g/mol. The van der Waals surface area contributed by atoms with Crippen molar-refractivity contribution in [3.05, 3.63) is 96.1 Å². The first-order valence-electron chi connectivity index (χ1n) is 15.5. The molecule has 3 atom stereocenters. The lowest BCUT2D eigenvalue weighted by Gasteiger charge is -2.39. The second-order valence-electron chi connectivity index (χ2n) is 11.7. The minimum atomic E-state index is -0.882. The van der Waals surface area contributed by atoms with Gasteiger partial charge in [-0.25, -0.2) is 14.1 Å². The number of nitrogens with one attached hydrogen (secondary N) is 1. The number of benzene rings is 2. The summed E-state index contributed by atoms with van der Waals surface area (Å²) in [5.41, 5.74) is 5.21. The zero-order valence-corrected chi connectivity index (χ0v) is 26.5. The SMILES string of the molecule is CCOC(=O)C[C@H]1C[C@@H](/C=C/c2c(C(C)CC)nn(-c3ccnc(Nc4ccccc4)c3)c2-c2ccc(F)cc2)OC(C)(C)O1. The van der Waals surface area contributed by atoms with E-state index in [0.717, 1.165) is 40.3 Å². The van der Waals surface area contributed by atoms with Gasteiger partial charge in [0.25, 0.3) is 0 Å². The quantitative estimate of drug-likeness (QED) is 0.171. The fraction of sp³-hybridized carbons (Fsp3) is 0.361. The van der Waals surface area contributed by atoms with Gasteiger partial charge in [0, 0.05) is 41.4 Å². The first kappa shape index (κ1) is 32.1. The number of halogens is 1. The van der Waals surface area contributed by atoms with Crippen molar-refractivity contribution in [2.75, 3.05) is 11.9 Å². The minimum Gasteiger partial charge on any atom is -0.466 e. The number of anilines is 2. The Kier molecular flexibility index (Phi) is 10.1. The van der Waals surface area contributed by atoms with Crippen molar-refractivity contribution in [3.8, 4) is 16.9 Å². The van der Waals surface area contributed by atoms with Gasteiger partial charge in [-0.2, -0.15) is 5.10 Å². The Labute approximate surface area is 264 Å². The summed E-state index contributed by atoms with van der Waals surface area (Å²) < 4.78 is 33.5. The Bertz CT molecular complexity index is 1620. The molecule has 0 spiro atoms. The molecular weight excluding hydrogens is 571 g/mol. The maximum absolute atomic E-state index is 14.1. The number of para-hydroxylation sites is 1. The topological polar surface area (TPSA) is 87.5 Å². The molecule has 236 valence electrons. The van der Waals surface area contributed by atoms with Crippen molar-refractivity contribution >= 4 is 23.6 Å². The van der Waals surface area contributed by atoms with Gasteiger partial charge in [0.2, 0.25) is 0 Å². The molecule has 8 nitrogen and oxygen atoms in total. The van der Waals surface area contributed by atoms with Gasteiger partial charge in [0.05, 0.1) is 42.3 Å². The maximum Gasteiger partial charge on any atom is 0.308 e. The molecule has 1 fully saturated rings. The van der Waals surface area contributed by atoms with E-state index < -0.39 is 5.79 Å². The minimum absolute atomic E-state index is 0.137. The van der Waals surface area contributed by atoms with E-state index >= 15 is 0 Å². The largest absolute Gasteiger partial charge is 0.466 e. The molecule has 3 heterocycles. The number of carbonyl (C=O) groups is 1. The summed E-state index contributed by atoms with van der Waals surface area (Å²) in [6.07, 6.45) is 6.67. The summed E-state index contributed by atoms with van der Waals surface area (Å²) in [7, 11) is 0. The van der Waals surface area contributed by atoms with Crippen molar-refractivity contribution in [3.63, 3.8) is 0 Å². The number of rotatable bonds is 11. The third-order valence-corrected chi connectivity index (χ3v) is 7.74. The molecule has 0 radical (unpaired) electrons. The van der Waals surface area contributed by atoms with Gasteiger partial charge in [-0.1, -0.05) is 44.2 Å². The molecule has 45 heavy (non-hydrogen) atoms. The second-order valence-corrected chi connectivity index (χ2v) is 11.7. The first-order chi connectivity index (χ1) is 21.7. The lowest BCUT2D eigenvalue weighted by molar-refractivity contribution is -0.290. The normalized spacial score (nSPS) is 18.5. The fourth-order valence-corrected chi connectivity index (χ4v) is 5.53. The highest BCUT2D eigenvalue weighted by Crippen LogP contribution is 2.36. The van der Waals surface area contributed by atoms with Gasteiger partial charge in [-0.15, -0.1) is 0 Å². The third kappa shape index (κ3) is 8.04. The van der Waals surface area contributed by atoms with Crippen LogP contribution in [0.2, 0.25) is 0 Å². The van der Waals surface area contributed by atoms with E-state index in [-0.39, 0.29) is 36.3 Å². The summed E-state index contributed by atoms with van der Waals surface area (Å²) in [6.45, 7) is 10.1. The number of pyridine rings is 1. The van der Waals surface area contributed by atoms with E-state index in [4.69, 9.17) is 19.3 Å². The Morgan fingerprint density at radius 2 is 1.89 bits per heavy atom. The summed E-state index contributed by atoms with van der Waals surface area (Å²) in [5.74, 6) is -0.676. The van der Waals surface area contributed by atoms with Crippen LogP contribution in [0.4, 0.5) is 15.9 Å². The van der Waals surface area contributed by atoms with Gasteiger partial charge in [0.15, 0.2) is 5.79 Å². The van der Waals surface area contributed by atoms with Crippen molar-refractivity contribution in [2.45, 2.75) is 77.8 Å². The molecule has 0 saturated carbocycles. The molecule has 0 aliphatic carbocycles. The number of carbonyl (C=O) groups excluding carboxylic acids is 1. The lowest BCUT2D eigenvalue weighted by atomic mass is 9.96. The molecular formula is C36H41FN4O4. The smallest absolute Gasteiger partial charge is 0.308 e. The van der Waals surface area contributed by atoms with Gasteiger partial charge < -0.3 is 19.5 Å². The second kappa shape index (κ2) is 14.2. The fourth-order valence-electron chi connectivity index (χ4n) is 5.53. The van der Waals surface area contributed by atoms with Crippen LogP contribution in [0.25, 0.3) is 23.0 Å². The molecule has 1 unspecified atom stereocenters. The van der Waals surface area contributed by atoms with Gasteiger partial charge in [-0.3, -0.25) is 4.79 Å². The predicted octanol–water partition coefficient (Wildman–Crippen LogP) is 8.21. The van der Waals surface area contributed by atoms with Crippen LogP contribution in [0.1, 0.15) is 71.1 Å². The van der Waals surface area contributed by atoms with Crippen LogP contribution in [0.5, 0.6) is 0 Å². The van der Waals surface area contributed by atoms with Gasteiger partial charge >= 0.3 is 5.97 Å². The molecule has 0 bridgehead atoms. The zero-order valence-electron chi connectivity index (χ0n) is 26.5. The first-order valence-corrected chi connectivity index (χ1v) is 15.5. The molecule has 2 aromatic carbocycles. The summed E-state index contributed by atoms with van der Waals surface area (Å²) in [6, 6.07) is 20.2. The Morgan fingerprint density at radius 3 is 2.60 bits per heavy atom. The Hall–Kier alpha value is -4.34. The van der Waals surface area contributed by atoms with E-state index in [0.29, 0.717) is 18.8 Å². The average molecular weight is 613 g/mol.